The molecule has 2 amide bonds. The van der Waals surface area contributed by atoms with Gasteiger partial charge in [0.25, 0.3) is 0 Å². The lowest BCUT2D eigenvalue weighted by molar-refractivity contribution is -0.122. The molecule has 1 aliphatic carbocycles. The van der Waals surface area contributed by atoms with Crippen LogP contribution in [0.15, 0.2) is 72.8 Å². The minimum atomic E-state index is -1.20. The van der Waals surface area contributed by atoms with E-state index >= 15 is 0 Å². The van der Waals surface area contributed by atoms with Crippen LogP contribution in [0.3, 0.4) is 0 Å². The topological polar surface area (TPSA) is 93.6 Å². The smallest absolute Gasteiger partial charge is 0.339 e. The fourth-order valence-corrected chi connectivity index (χ4v) is 6.65. The monoisotopic (exact) mass is 646 g/mol. The van der Waals surface area contributed by atoms with E-state index in [2.05, 4.69) is 6.92 Å². The lowest BCUT2D eigenvalue weighted by Gasteiger charge is -2.25. The average Bonchev–Trinajstić information content (AvgIpc) is 3.28. The number of anilines is 1. The summed E-state index contributed by atoms with van der Waals surface area (Å²) in [6.45, 7) is 2.11. The van der Waals surface area contributed by atoms with Crippen molar-refractivity contribution < 1.29 is 28.3 Å². The minimum Gasteiger partial charge on any atom is -0.450 e. The molecule has 7 nitrogen and oxygen atoms in total. The first-order valence-electron chi connectivity index (χ1n) is 14.8. The Hall–Kier alpha value is -4.14. The van der Waals surface area contributed by atoms with Gasteiger partial charge in [-0.25, -0.2) is 14.2 Å². The van der Waals surface area contributed by atoms with E-state index in [1.165, 1.54) is 17.0 Å². The van der Waals surface area contributed by atoms with E-state index in [0.717, 1.165) is 31.4 Å². The lowest BCUT2D eigenvalue weighted by Crippen LogP contribution is -2.30. The number of pyridine rings is 1. The Balaban J connectivity index is 1.31. The first kappa shape index (κ1) is 30.9. The first-order valence-corrected chi connectivity index (χ1v) is 15.7. The average molecular weight is 648 g/mol. The number of nitrogens with zero attached hydrogens (tertiary/aromatic N) is 2. The van der Waals surface area contributed by atoms with Crippen molar-refractivity contribution in [1.82, 2.24) is 4.98 Å². The van der Waals surface area contributed by atoms with Gasteiger partial charge in [0.1, 0.15) is 5.82 Å². The van der Waals surface area contributed by atoms with Crippen molar-refractivity contribution in [3.8, 4) is 11.3 Å². The minimum absolute atomic E-state index is 0.0495. The molecule has 4 atom stereocenters. The fourth-order valence-electron chi connectivity index (χ4n) is 6.28. The number of hydrogen-bond donors (Lipinski definition) is 0. The number of ether oxygens (including phenoxy) is 1. The zero-order chi connectivity index (χ0) is 31.8. The number of carbonyl (C=O) groups is 4. The maximum atomic E-state index is 13.6. The summed E-state index contributed by atoms with van der Waals surface area (Å²) in [6, 6.07) is 18.3. The van der Waals surface area contributed by atoms with Crippen molar-refractivity contribution in [2.24, 2.45) is 17.8 Å². The summed E-state index contributed by atoms with van der Waals surface area (Å²) >= 11 is 12.2. The molecule has 0 radical (unpaired) electrons. The molecule has 1 aliphatic heterocycles. The van der Waals surface area contributed by atoms with Crippen molar-refractivity contribution in [2.45, 2.75) is 38.7 Å². The number of aromatic nitrogens is 1. The van der Waals surface area contributed by atoms with Gasteiger partial charge in [-0.3, -0.25) is 19.3 Å². The number of Topliss-reactive ketones (excluding diaryl/α,β-unsaturated/α-hetero) is 1. The second kappa shape index (κ2) is 12.7. The second-order valence-electron chi connectivity index (χ2n) is 11.6. The van der Waals surface area contributed by atoms with E-state index in [1.807, 2.05) is 0 Å². The van der Waals surface area contributed by atoms with Gasteiger partial charge < -0.3 is 4.74 Å². The molecule has 1 saturated carbocycles. The molecule has 10 heteroatoms. The van der Waals surface area contributed by atoms with Crippen LogP contribution < -0.4 is 4.90 Å². The summed E-state index contributed by atoms with van der Waals surface area (Å²) in [5.41, 5.74) is 2.35. The van der Waals surface area contributed by atoms with Gasteiger partial charge in [-0.05, 0) is 85.8 Å². The number of imide groups is 1. The molecule has 0 bridgehead atoms. The Kier molecular flexibility index (Phi) is 8.71. The number of hydrogen-bond acceptors (Lipinski definition) is 6. The zero-order valence-corrected chi connectivity index (χ0v) is 25.9. The van der Waals surface area contributed by atoms with Gasteiger partial charge in [-0.1, -0.05) is 30.7 Å². The van der Waals surface area contributed by atoms with Crippen LogP contribution in [0.4, 0.5) is 10.1 Å². The molecule has 6 rings (SSSR count). The van der Waals surface area contributed by atoms with Crippen LogP contribution in [0.1, 0.15) is 53.3 Å². The number of rotatable bonds is 8. The molecule has 4 aromatic rings. The molecule has 230 valence electrons. The largest absolute Gasteiger partial charge is 0.450 e. The summed E-state index contributed by atoms with van der Waals surface area (Å²) in [5, 5.41) is 0.807. The molecule has 0 N–H and O–H groups in total. The van der Waals surface area contributed by atoms with Crippen LogP contribution in [-0.2, 0) is 14.3 Å². The van der Waals surface area contributed by atoms with Crippen molar-refractivity contribution >= 4 is 63.4 Å². The molecule has 2 aliphatic rings. The van der Waals surface area contributed by atoms with Gasteiger partial charge in [0.15, 0.2) is 6.10 Å². The molecule has 1 aromatic heterocycles. The van der Waals surface area contributed by atoms with E-state index in [0.29, 0.717) is 38.8 Å². The van der Waals surface area contributed by atoms with Crippen LogP contribution in [0.25, 0.3) is 22.2 Å². The molecular weight excluding hydrogens is 618 g/mol. The number of halogens is 3. The van der Waals surface area contributed by atoms with Crippen molar-refractivity contribution in [2.75, 3.05) is 10.8 Å². The predicted octanol–water partition coefficient (Wildman–Crippen LogP) is 7.66. The summed E-state index contributed by atoms with van der Waals surface area (Å²) in [4.78, 5) is 59.2. The third-order valence-corrected chi connectivity index (χ3v) is 9.09. The highest BCUT2D eigenvalue weighted by Crippen LogP contribution is 2.42. The Bertz CT molecular complexity index is 1810. The van der Waals surface area contributed by atoms with Crippen molar-refractivity contribution in [3.05, 3.63) is 94.8 Å². The highest BCUT2D eigenvalue weighted by molar-refractivity contribution is 6.31. The third kappa shape index (κ3) is 6.09. The number of fused-ring (bicyclic) bond motifs is 2. The second-order valence-corrected chi connectivity index (χ2v) is 12.5. The predicted molar refractivity (Wildman–Crippen MR) is 170 cm³/mol. The Morgan fingerprint density at radius 1 is 0.978 bits per heavy atom. The highest BCUT2D eigenvalue weighted by atomic mass is 35.5. The summed E-state index contributed by atoms with van der Waals surface area (Å²) < 4.78 is 19.1. The van der Waals surface area contributed by atoms with Gasteiger partial charge >= 0.3 is 5.97 Å². The maximum Gasteiger partial charge on any atom is 0.339 e. The Morgan fingerprint density at radius 2 is 1.69 bits per heavy atom. The number of alkyl halides is 1. The van der Waals surface area contributed by atoms with Crippen LogP contribution in [0, 0.1) is 23.6 Å². The van der Waals surface area contributed by atoms with Crippen molar-refractivity contribution in [3.63, 3.8) is 0 Å². The molecular formula is C35H29Cl2FN2O5. The summed E-state index contributed by atoms with van der Waals surface area (Å²) in [5.74, 6) is -2.18. The molecule has 2 fully saturated rings. The normalized spacial score (nSPS) is 20.3. The summed E-state index contributed by atoms with van der Waals surface area (Å²) in [7, 11) is 0. The Morgan fingerprint density at radius 3 is 2.40 bits per heavy atom. The van der Waals surface area contributed by atoms with E-state index in [1.54, 1.807) is 48.5 Å². The van der Waals surface area contributed by atoms with Crippen molar-refractivity contribution in [1.29, 1.82) is 0 Å². The lowest BCUT2D eigenvalue weighted by atomic mass is 9.76. The van der Waals surface area contributed by atoms with Gasteiger partial charge in [0.2, 0.25) is 17.6 Å². The quantitative estimate of drug-likeness (QED) is 0.0844. The Labute approximate surface area is 269 Å². The van der Waals surface area contributed by atoms with Crippen LogP contribution >= 0.6 is 23.2 Å². The molecule has 3 aromatic carbocycles. The van der Waals surface area contributed by atoms with Gasteiger partial charge in [0, 0.05) is 33.8 Å². The number of benzene rings is 3. The van der Waals surface area contributed by atoms with Crippen LogP contribution in [0.5, 0.6) is 0 Å². The standard InChI is InChI=1S/C35H29Cl2FN2O5/c1-19-2-12-25-27(16-19)34(43)40(33(25)42)24-10-5-20(6-11-24)30-18-28(26-17-22(37)7-13-29(26)39-30)35(44)45-31(14-15-36)32(41)21-3-8-23(38)9-4-21/h3-11,13,17-19,25,27,31H,2,12,14-16H2,1H3. The van der Waals surface area contributed by atoms with Gasteiger partial charge in [-0.2, -0.15) is 0 Å². The maximum absolute atomic E-state index is 13.6. The zero-order valence-electron chi connectivity index (χ0n) is 24.3. The first-order chi connectivity index (χ1) is 21.6. The third-order valence-electron chi connectivity index (χ3n) is 8.64. The van der Waals surface area contributed by atoms with Gasteiger partial charge in [0.05, 0.1) is 34.3 Å². The number of esters is 1. The fraction of sp³-hybridized carbons (Fsp3) is 0.286. The van der Waals surface area contributed by atoms with E-state index < -0.39 is 23.7 Å². The number of carbonyl (C=O) groups excluding carboxylic acids is 4. The molecule has 4 unspecified atom stereocenters. The number of ketones is 1. The van der Waals surface area contributed by atoms with E-state index in [-0.39, 0.29) is 47.1 Å². The highest BCUT2D eigenvalue weighted by Gasteiger charge is 2.50. The molecule has 2 heterocycles. The van der Waals surface area contributed by atoms with Crippen LogP contribution in [0.2, 0.25) is 5.02 Å². The molecule has 0 spiro atoms. The van der Waals surface area contributed by atoms with Crippen LogP contribution in [-0.4, -0.2) is 40.5 Å². The molecule has 45 heavy (non-hydrogen) atoms. The van der Waals surface area contributed by atoms with E-state index in [4.69, 9.17) is 32.9 Å². The number of amides is 2. The summed E-state index contributed by atoms with van der Waals surface area (Å²) in [6.07, 6.45) is 1.22. The van der Waals surface area contributed by atoms with Gasteiger partial charge in [-0.15, -0.1) is 11.6 Å². The SMILES string of the molecule is CC1CCC2C(=O)N(c3ccc(-c4cc(C(=O)OC(CCCl)C(=O)c5ccc(F)cc5)c5cc(Cl)ccc5n4)cc3)C(=O)C2C1. The molecule has 1 saturated heterocycles. The van der Waals surface area contributed by atoms with E-state index in [9.17, 15) is 23.6 Å².